The molecule has 1 unspecified atom stereocenters. The van der Waals surface area contributed by atoms with Crippen molar-refractivity contribution in [3.05, 3.63) is 65.4 Å². The van der Waals surface area contributed by atoms with E-state index < -0.39 is 23.4 Å². The second kappa shape index (κ2) is 7.98. The number of nitrogens with one attached hydrogen (secondary N) is 2. The van der Waals surface area contributed by atoms with Gasteiger partial charge in [0, 0.05) is 41.5 Å². The second-order valence-electron chi connectivity index (χ2n) is 7.99. The Hall–Kier alpha value is -3.33. The largest absolute Gasteiger partial charge is 0.449 e. The van der Waals surface area contributed by atoms with Gasteiger partial charge in [-0.05, 0) is 42.5 Å². The van der Waals surface area contributed by atoms with Crippen molar-refractivity contribution in [1.29, 1.82) is 5.41 Å². The lowest BCUT2D eigenvalue weighted by Crippen LogP contribution is -2.43. The zero-order valence-corrected chi connectivity index (χ0v) is 17.2. The predicted molar refractivity (Wildman–Crippen MR) is 114 cm³/mol. The number of halogens is 3. The fourth-order valence-corrected chi connectivity index (χ4v) is 3.75. The summed E-state index contributed by atoms with van der Waals surface area (Å²) in [5, 5.41) is 21.5. The van der Waals surface area contributed by atoms with Crippen LogP contribution in [0.1, 0.15) is 29.5 Å². The normalized spacial score (nSPS) is 15.9. The smallest absolute Gasteiger partial charge is 0.425 e. The third-order valence-electron chi connectivity index (χ3n) is 5.71. The Morgan fingerprint density at radius 3 is 2.66 bits per heavy atom. The maximum atomic E-state index is 14.3. The van der Waals surface area contributed by atoms with E-state index in [-0.39, 0.29) is 28.8 Å². The van der Waals surface area contributed by atoms with E-state index in [1.54, 1.807) is 25.2 Å². The first-order valence-electron chi connectivity index (χ1n) is 10.1. The van der Waals surface area contributed by atoms with Crippen LogP contribution in [0.5, 0.6) is 0 Å². The highest BCUT2D eigenvalue weighted by molar-refractivity contribution is 5.94. The van der Waals surface area contributed by atoms with Crippen LogP contribution >= 0.6 is 0 Å². The summed E-state index contributed by atoms with van der Waals surface area (Å²) in [4.78, 5) is 12.0. The fourth-order valence-electron chi connectivity index (χ4n) is 3.75. The average Bonchev–Trinajstić information content (AvgIpc) is 3.53. The van der Waals surface area contributed by atoms with Crippen LogP contribution in [0.25, 0.3) is 10.9 Å². The Morgan fingerprint density at radius 1 is 1.28 bits per heavy atom. The van der Waals surface area contributed by atoms with E-state index >= 15 is 0 Å². The molecule has 168 valence electrons. The monoisotopic (exact) mass is 445 g/mol. The summed E-state index contributed by atoms with van der Waals surface area (Å²) in [5.74, 6) is 0.354. The molecule has 1 heterocycles. The standard InChI is InChI=1S/C23H22F3N3O3/c1-29-12-18(17-4-2-3-5-20(17)29)22(31,23(24,25)26)16-8-9-19(15(10-16)11-27)28-21(30)32-13-14-6-7-14/h2-5,8-12,14,27,31H,6-7,13H2,1H3,(H,28,30). The van der Waals surface area contributed by atoms with E-state index in [4.69, 9.17) is 10.1 Å². The number of rotatable bonds is 6. The fraction of sp³-hybridized carbons (Fsp3) is 0.304. The number of amides is 1. The lowest BCUT2D eigenvalue weighted by molar-refractivity contribution is -0.247. The van der Waals surface area contributed by atoms with E-state index in [1.807, 2.05) is 0 Å². The third-order valence-corrected chi connectivity index (χ3v) is 5.71. The molecule has 9 heteroatoms. The zero-order valence-electron chi connectivity index (χ0n) is 17.2. The molecule has 1 saturated carbocycles. The minimum atomic E-state index is -5.05. The molecule has 1 atom stereocenters. The quantitative estimate of drug-likeness (QED) is 0.470. The van der Waals surface area contributed by atoms with E-state index in [2.05, 4.69) is 5.32 Å². The van der Waals surface area contributed by atoms with Crippen molar-refractivity contribution >= 4 is 28.9 Å². The van der Waals surface area contributed by atoms with Crippen molar-refractivity contribution < 1.29 is 27.8 Å². The SMILES string of the molecule is Cn1cc(C(O)(c2ccc(NC(=O)OCC3CC3)c(C=N)c2)C(F)(F)F)c2ccccc21. The van der Waals surface area contributed by atoms with Gasteiger partial charge in [0.25, 0.3) is 0 Å². The van der Waals surface area contributed by atoms with Crippen LogP contribution < -0.4 is 5.32 Å². The van der Waals surface area contributed by atoms with Gasteiger partial charge in [-0.2, -0.15) is 13.2 Å². The number of carbonyl (C=O) groups excluding carboxylic acids is 1. The number of hydrogen-bond donors (Lipinski definition) is 3. The number of aryl methyl sites for hydroxylation is 1. The van der Waals surface area contributed by atoms with Crippen LogP contribution in [0.4, 0.5) is 23.7 Å². The van der Waals surface area contributed by atoms with Crippen LogP contribution in [-0.4, -0.2) is 34.8 Å². The lowest BCUT2D eigenvalue weighted by Gasteiger charge is -2.31. The van der Waals surface area contributed by atoms with Crippen LogP contribution in [0, 0.1) is 11.3 Å². The summed E-state index contributed by atoms with van der Waals surface area (Å²) >= 11 is 0. The molecule has 3 N–H and O–H groups in total. The topological polar surface area (TPSA) is 87.3 Å². The molecule has 1 aliphatic carbocycles. The summed E-state index contributed by atoms with van der Waals surface area (Å²) in [6, 6.07) is 9.87. The van der Waals surface area contributed by atoms with Crippen LogP contribution in [0.15, 0.2) is 48.7 Å². The van der Waals surface area contributed by atoms with E-state index in [9.17, 15) is 23.1 Å². The number of fused-ring (bicyclic) bond motifs is 1. The van der Waals surface area contributed by atoms with Crippen LogP contribution in [0.2, 0.25) is 0 Å². The number of ether oxygens (including phenoxy) is 1. The van der Waals surface area contributed by atoms with E-state index in [0.29, 0.717) is 11.4 Å². The molecule has 6 nitrogen and oxygen atoms in total. The van der Waals surface area contributed by atoms with Gasteiger partial charge >= 0.3 is 12.3 Å². The molecular weight excluding hydrogens is 423 g/mol. The molecule has 0 spiro atoms. The molecule has 1 aliphatic rings. The predicted octanol–water partition coefficient (Wildman–Crippen LogP) is 4.93. The summed E-state index contributed by atoms with van der Waals surface area (Å²) < 4.78 is 49.6. The van der Waals surface area contributed by atoms with Gasteiger partial charge < -0.3 is 19.8 Å². The molecular formula is C23H22F3N3O3. The van der Waals surface area contributed by atoms with Gasteiger partial charge in [-0.1, -0.05) is 24.3 Å². The molecule has 0 saturated heterocycles. The summed E-state index contributed by atoms with van der Waals surface area (Å²) in [5.41, 5.74) is -3.44. The van der Waals surface area contributed by atoms with Crippen molar-refractivity contribution in [3.8, 4) is 0 Å². The van der Waals surface area contributed by atoms with Gasteiger partial charge in [0.05, 0.1) is 12.3 Å². The first-order chi connectivity index (χ1) is 15.1. The van der Waals surface area contributed by atoms with Crippen LogP contribution in [0.3, 0.4) is 0 Å². The summed E-state index contributed by atoms with van der Waals surface area (Å²) in [6.07, 6.45) is -1.72. The van der Waals surface area contributed by atoms with E-state index in [0.717, 1.165) is 31.2 Å². The average molecular weight is 445 g/mol. The highest BCUT2D eigenvalue weighted by Gasteiger charge is 2.57. The van der Waals surface area contributed by atoms with Gasteiger partial charge in [0.2, 0.25) is 5.60 Å². The number of nitrogens with zero attached hydrogens (tertiary/aromatic N) is 1. The molecule has 1 fully saturated rings. The Balaban J connectivity index is 1.75. The van der Waals surface area contributed by atoms with Gasteiger partial charge in [-0.25, -0.2) is 4.79 Å². The number of anilines is 1. The highest BCUT2D eigenvalue weighted by Crippen LogP contribution is 2.47. The van der Waals surface area contributed by atoms with Gasteiger partial charge in [-0.3, -0.25) is 5.32 Å². The first-order valence-corrected chi connectivity index (χ1v) is 10.1. The number of aliphatic hydroxyl groups is 1. The molecule has 0 radical (unpaired) electrons. The minimum Gasteiger partial charge on any atom is -0.449 e. The second-order valence-corrected chi connectivity index (χ2v) is 7.99. The number of aromatic nitrogens is 1. The zero-order chi connectivity index (χ0) is 23.1. The number of para-hydroxylation sites is 1. The Labute approximate surface area is 182 Å². The molecule has 1 aromatic heterocycles. The maximum Gasteiger partial charge on any atom is 0.425 e. The van der Waals surface area contributed by atoms with E-state index in [1.165, 1.54) is 22.9 Å². The Morgan fingerprint density at radius 2 is 2.00 bits per heavy atom. The van der Waals surface area contributed by atoms with Gasteiger partial charge in [0.15, 0.2) is 0 Å². The molecule has 2 aromatic carbocycles. The molecule has 32 heavy (non-hydrogen) atoms. The summed E-state index contributed by atoms with van der Waals surface area (Å²) in [6.45, 7) is 0.277. The molecule has 4 rings (SSSR count). The number of benzene rings is 2. The Kier molecular flexibility index (Phi) is 5.46. The van der Waals surface area contributed by atoms with Crippen LogP contribution in [-0.2, 0) is 17.4 Å². The Bertz CT molecular complexity index is 1180. The summed E-state index contributed by atoms with van der Waals surface area (Å²) in [7, 11) is 1.60. The third kappa shape index (κ3) is 3.84. The number of carbonyl (C=O) groups is 1. The van der Waals surface area contributed by atoms with Gasteiger partial charge in [-0.15, -0.1) is 0 Å². The number of alkyl halides is 3. The van der Waals surface area contributed by atoms with Crippen molar-refractivity contribution in [2.45, 2.75) is 24.6 Å². The van der Waals surface area contributed by atoms with Gasteiger partial charge in [0.1, 0.15) is 0 Å². The lowest BCUT2D eigenvalue weighted by atomic mass is 9.84. The first kappa shape index (κ1) is 21.9. The molecule has 0 bridgehead atoms. The highest BCUT2D eigenvalue weighted by atomic mass is 19.4. The minimum absolute atomic E-state index is 0.00813. The molecule has 0 aliphatic heterocycles. The maximum absolute atomic E-state index is 14.3. The van der Waals surface area contributed by atoms with Crippen molar-refractivity contribution in [3.63, 3.8) is 0 Å². The number of hydrogen-bond acceptors (Lipinski definition) is 4. The molecule has 3 aromatic rings. The van der Waals surface area contributed by atoms with Crippen molar-refractivity contribution in [1.82, 2.24) is 4.57 Å². The van der Waals surface area contributed by atoms with Crippen molar-refractivity contribution in [2.24, 2.45) is 13.0 Å². The molecule has 1 amide bonds. The van der Waals surface area contributed by atoms with Crippen molar-refractivity contribution in [2.75, 3.05) is 11.9 Å².